The summed E-state index contributed by atoms with van der Waals surface area (Å²) in [6.07, 6.45) is 0. The Balaban J connectivity index is 1.51. The van der Waals surface area contributed by atoms with Gasteiger partial charge in [0, 0.05) is 33.6 Å². The molecule has 3 aromatic rings. The van der Waals surface area contributed by atoms with Crippen LogP contribution in [-0.2, 0) is 16.2 Å². The van der Waals surface area contributed by atoms with E-state index in [9.17, 15) is 9.59 Å². The fourth-order valence-electron chi connectivity index (χ4n) is 4.41. The summed E-state index contributed by atoms with van der Waals surface area (Å²) in [5.74, 6) is 1.13. The highest BCUT2D eigenvalue weighted by Crippen LogP contribution is 2.55. The van der Waals surface area contributed by atoms with Crippen LogP contribution in [0.3, 0.4) is 0 Å². The number of rotatable bonds is 4. The van der Waals surface area contributed by atoms with E-state index in [0.29, 0.717) is 45.9 Å². The Morgan fingerprint density at radius 1 is 1.12 bits per heavy atom. The molecule has 2 aliphatic heterocycles. The molecule has 1 N–H and O–H groups in total. The van der Waals surface area contributed by atoms with E-state index < -0.39 is 4.87 Å². The van der Waals surface area contributed by atoms with Gasteiger partial charge in [0.1, 0.15) is 5.75 Å². The average Bonchev–Trinajstić information content (AvgIpc) is 3.38. The molecule has 5 rings (SSSR count). The molecular weight excluding hydrogens is 493 g/mol. The van der Waals surface area contributed by atoms with Crippen molar-refractivity contribution in [3.63, 3.8) is 0 Å². The Labute approximate surface area is 211 Å². The topological polar surface area (TPSA) is 61.9 Å². The number of anilines is 2. The smallest absolute Gasteiger partial charge is 0.323 e. The number of urea groups is 1. The highest BCUT2D eigenvalue weighted by molar-refractivity contribution is 8.01. The van der Waals surface area contributed by atoms with Gasteiger partial charge in [-0.2, -0.15) is 0 Å². The van der Waals surface area contributed by atoms with Gasteiger partial charge in [-0.25, -0.2) is 4.79 Å². The molecule has 1 fully saturated rings. The number of benzene rings is 3. The average molecular weight is 514 g/mol. The van der Waals surface area contributed by atoms with Gasteiger partial charge in [0.15, 0.2) is 4.87 Å². The maximum absolute atomic E-state index is 14.0. The van der Waals surface area contributed by atoms with Crippen LogP contribution >= 0.6 is 35.0 Å². The van der Waals surface area contributed by atoms with Crippen LogP contribution < -0.4 is 15.0 Å². The van der Waals surface area contributed by atoms with Crippen LogP contribution in [0, 0.1) is 0 Å². The van der Waals surface area contributed by atoms with E-state index in [1.165, 1.54) is 11.8 Å². The molecule has 0 radical (unpaired) electrons. The van der Waals surface area contributed by atoms with Crippen molar-refractivity contribution in [1.82, 2.24) is 4.90 Å². The molecular formula is C25H21Cl2N3O3S. The summed E-state index contributed by atoms with van der Waals surface area (Å²) in [5, 5.41) is 4.01. The molecule has 174 valence electrons. The zero-order valence-electron chi connectivity index (χ0n) is 18.3. The standard InChI is InChI=1S/C25H21Cl2N3O3S/c1-33-19-9-7-18(8-10-19)28-24(32)30-12-13-34-25(30)20-14-17(26)6-11-22(20)29(23(25)31)15-16-4-2-3-5-21(16)27/h2-11,14H,12-13,15H2,1H3,(H,28,32)/t25-/m0/s1. The molecule has 34 heavy (non-hydrogen) atoms. The maximum Gasteiger partial charge on any atom is 0.323 e. The summed E-state index contributed by atoms with van der Waals surface area (Å²) in [5.41, 5.74) is 2.88. The van der Waals surface area contributed by atoms with Crippen LogP contribution in [0.25, 0.3) is 0 Å². The number of amides is 3. The van der Waals surface area contributed by atoms with Crippen molar-refractivity contribution in [2.45, 2.75) is 11.4 Å². The minimum atomic E-state index is -1.20. The fraction of sp³-hybridized carbons (Fsp3) is 0.200. The maximum atomic E-state index is 14.0. The number of ether oxygens (including phenoxy) is 1. The molecule has 1 saturated heterocycles. The quantitative estimate of drug-likeness (QED) is 0.465. The first kappa shape index (κ1) is 22.9. The van der Waals surface area contributed by atoms with E-state index in [4.69, 9.17) is 27.9 Å². The molecule has 2 heterocycles. The molecule has 0 aromatic heterocycles. The van der Waals surface area contributed by atoms with Crippen LogP contribution in [0.1, 0.15) is 11.1 Å². The minimum absolute atomic E-state index is 0.183. The Morgan fingerprint density at radius 2 is 1.88 bits per heavy atom. The normalized spacial score (nSPS) is 19.0. The summed E-state index contributed by atoms with van der Waals surface area (Å²) in [7, 11) is 1.58. The number of halogens is 2. The summed E-state index contributed by atoms with van der Waals surface area (Å²) < 4.78 is 5.18. The van der Waals surface area contributed by atoms with Crippen LogP contribution in [0.5, 0.6) is 5.75 Å². The summed E-state index contributed by atoms with van der Waals surface area (Å²) in [6, 6.07) is 19.5. The highest BCUT2D eigenvalue weighted by atomic mass is 35.5. The van der Waals surface area contributed by atoms with Crippen LogP contribution in [0.4, 0.5) is 16.2 Å². The number of hydrogen-bond donors (Lipinski definition) is 1. The predicted octanol–water partition coefficient (Wildman–Crippen LogP) is 5.98. The Bertz CT molecular complexity index is 1270. The predicted molar refractivity (Wildman–Crippen MR) is 137 cm³/mol. The van der Waals surface area contributed by atoms with Gasteiger partial charge in [-0.1, -0.05) is 41.4 Å². The number of nitrogens with one attached hydrogen (secondary N) is 1. The molecule has 0 aliphatic carbocycles. The van der Waals surface area contributed by atoms with Gasteiger partial charge < -0.3 is 15.0 Å². The van der Waals surface area contributed by atoms with Gasteiger partial charge in [-0.15, -0.1) is 11.8 Å². The van der Waals surface area contributed by atoms with Crippen molar-refractivity contribution in [2.75, 3.05) is 29.6 Å². The van der Waals surface area contributed by atoms with Crippen molar-refractivity contribution in [1.29, 1.82) is 0 Å². The lowest BCUT2D eigenvalue weighted by molar-refractivity contribution is -0.123. The van der Waals surface area contributed by atoms with E-state index in [1.807, 2.05) is 24.3 Å². The van der Waals surface area contributed by atoms with Crippen LogP contribution in [0.15, 0.2) is 66.7 Å². The second-order valence-electron chi connectivity index (χ2n) is 7.95. The molecule has 0 unspecified atom stereocenters. The Kier molecular flexibility index (Phi) is 6.10. The molecule has 6 nitrogen and oxygen atoms in total. The monoisotopic (exact) mass is 513 g/mol. The number of thioether (sulfide) groups is 1. The number of hydrogen-bond acceptors (Lipinski definition) is 4. The second-order valence-corrected chi connectivity index (χ2v) is 10.1. The molecule has 1 spiro atoms. The molecule has 0 saturated carbocycles. The van der Waals surface area contributed by atoms with Crippen LogP contribution in [0.2, 0.25) is 10.0 Å². The first-order valence-corrected chi connectivity index (χ1v) is 12.4. The van der Waals surface area contributed by atoms with Crippen molar-refractivity contribution < 1.29 is 14.3 Å². The zero-order chi connectivity index (χ0) is 23.9. The largest absolute Gasteiger partial charge is 0.497 e. The van der Waals surface area contributed by atoms with E-state index in [1.54, 1.807) is 59.4 Å². The number of carbonyl (C=O) groups is 2. The van der Waals surface area contributed by atoms with E-state index in [-0.39, 0.29) is 11.9 Å². The zero-order valence-corrected chi connectivity index (χ0v) is 20.6. The van der Waals surface area contributed by atoms with Gasteiger partial charge in [0.25, 0.3) is 5.91 Å². The fourth-order valence-corrected chi connectivity index (χ4v) is 6.23. The number of nitrogens with zero attached hydrogens (tertiary/aromatic N) is 2. The minimum Gasteiger partial charge on any atom is -0.497 e. The van der Waals surface area contributed by atoms with Gasteiger partial charge in [-0.3, -0.25) is 9.69 Å². The summed E-state index contributed by atoms with van der Waals surface area (Å²) in [4.78, 5) is 29.6. The number of methoxy groups -OCH3 is 1. The third-order valence-electron chi connectivity index (χ3n) is 6.03. The van der Waals surface area contributed by atoms with Crippen molar-refractivity contribution in [3.05, 3.63) is 87.9 Å². The van der Waals surface area contributed by atoms with Crippen molar-refractivity contribution in [3.8, 4) is 5.75 Å². The lowest BCUT2D eigenvalue weighted by Gasteiger charge is -2.33. The van der Waals surface area contributed by atoms with Gasteiger partial charge in [0.2, 0.25) is 0 Å². The lowest BCUT2D eigenvalue weighted by Crippen LogP contribution is -2.51. The van der Waals surface area contributed by atoms with Crippen molar-refractivity contribution in [2.24, 2.45) is 0 Å². The first-order valence-electron chi connectivity index (χ1n) is 10.7. The van der Waals surface area contributed by atoms with Gasteiger partial charge in [0.05, 0.1) is 19.3 Å². The molecule has 3 aromatic carbocycles. The summed E-state index contributed by atoms with van der Waals surface area (Å²) >= 11 is 14.2. The highest BCUT2D eigenvalue weighted by Gasteiger charge is 2.59. The van der Waals surface area contributed by atoms with Crippen molar-refractivity contribution >= 4 is 58.3 Å². The summed E-state index contributed by atoms with van der Waals surface area (Å²) in [6.45, 7) is 0.716. The SMILES string of the molecule is COc1ccc(NC(=O)N2CCS[C@@]23C(=O)N(Cc2ccccc2Cl)c2ccc(Cl)cc23)cc1. The Hall–Kier alpha value is -2.87. The van der Waals surface area contributed by atoms with Crippen LogP contribution in [-0.4, -0.2) is 36.2 Å². The lowest BCUT2D eigenvalue weighted by atomic mass is 10.1. The van der Waals surface area contributed by atoms with E-state index in [2.05, 4.69) is 5.32 Å². The second kappa shape index (κ2) is 9.06. The third kappa shape index (κ3) is 3.78. The van der Waals surface area contributed by atoms with Gasteiger partial charge in [-0.05, 0) is 54.1 Å². The molecule has 3 amide bonds. The first-order chi connectivity index (χ1) is 16.4. The number of carbonyl (C=O) groups excluding carboxylic acids is 2. The molecule has 9 heteroatoms. The third-order valence-corrected chi connectivity index (χ3v) is 8.05. The molecule has 0 bridgehead atoms. The Morgan fingerprint density at radius 3 is 2.62 bits per heavy atom. The van der Waals surface area contributed by atoms with E-state index >= 15 is 0 Å². The molecule has 2 aliphatic rings. The molecule has 1 atom stereocenters. The van der Waals surface area contributed by atoms with E-state index in [0.717, 1.165) is 11.3 Å². The number of fused-ring (bicyclic) bond motifs is 2. The van der Waals surface area contributed by atoms with Gasteiger partial charge >= 0.3 is 6.03 Å².